The lowest BCUT2D eigenvalue weighted by atomic mass is 10.2. The number of imide groups is 1. The molecule has 1 aromatic heterocycles. The maximum Gasteiger partial charge on any atom is 0.321 e. The van der Waals surface area contributed by atoms with E-state index in [0.29, 0.717) is 11.7 Å². The Labute approximate surface area is 138 Å². The molecule has 0 aliphatic heterocycles. The molecule has 7 nitrogen and oxygen atoms in total. The molecule has 0 aliphatic carbocycles. The van der Waals surface area contributed by atoms with Crippen LogP contribution in [0.1, 0.15) is 13.8 Å². The molecule has 1 unspecified atom stereocenters. The van der Waals surface area contributed by atoms with Crippen LogP contribution in [0.25, 0.3) is 11.4 Å². The summed E-state index contributed by atoms with van der Waals surface area (Å²) in [6.45, 7) is 4.40. The van der Waals surface area contributed by atoms with Crippen molar-refractivity contribution in [1.82, 2.24) is 25.4 Å². The molecule has 0 bridgehead atoms. The molecule has 8 heteroatoms. The number of thioether (sulfide) groups is 1. The van der Waals surface area contributed by atoms with Crippen molar-refractivity contribution in [1.29, 1.82) is 0 Å². The monoisotopic (exact) mass is 333 g/mol. The lowest BCUT2D eigenvalue weighted by Gasteiger charge is -2.12. The van der Waals surface area contributed by atoms with Crippen LogP contribution in [0.15, 0.2) is 35.5 Å². The summed E-state index contributed by atoms with van der Waals surface area (Å²) >= 11 is 1.27. The van der Waals surface area contributed by atoms with Crippen molar-refractivity contribution < 1.29 is 9.59 Å². The second-order valence-electron chi connectivity index (χ2n) is 4.74. The lowest BCUT2D eigenvalue weighted by molar-refractivity contribution is -0.119. The highest BCUT2D eigenvalue weighted by molar-refractivity contribution is 8.00. The van der Waals surface area contributed by atoms with E-state index in [0.717, 1.165) is 11.4 Å². The lowest BCUT2D eigenvalue weighted by Crippen LogP contribution is -2.41. The van der Waals surface area contributed by atoms with Crippen LogP contribution in [-0.2, 0) is 11.3 Å². The average molecular weight is 333 g/mol. The summed E-state index contributed by atoms with van der Waals surface area (Å²) in [5, 5.41) is 13.2. The molecule has 2 aromatic rings. The molecule has 2 N–H and O–H groups in total. The highest BCUT2D eigenvalue weighted by Crippen LogP contribution is 2.26. The van der Waals surface area contributed by atoms with Crippen molar-refractivity contribution in [3.8, 4) is 11.4 Å². The molecule has 1 heterocycles. The minimum atomic E-state index is -0.524. The van der Waals surface area contributed by atoms with Crippen LogP contribution in [0.2, 0.25) is 0 Å². The third-order valence-electron chi connectivity index (χ3n) is 3.18. The largest absolute Gasteiger partial charge is 0.341 e. The Morgan fingerprint density at radius 3 is 2.57 bits per heavy atom. The summed E-state index contributed by atoms with van der Waals surface area (Å²) < 4.78 is 1.95. The van der Waals surface area contributed by atoms with Crippen molar-refractivity contribution in [3.63, 3.8) is 0 Å². The number of urea groups is 1. The Bertz CT molecular complexity index is 686. The normalized spacial score (nSPS) is 11.8. The van der Waals surface area contributed by atoms with Crippen LogP contribution < -0.4 is 10.6 Å². The van der Waals surface area contributed by atoms with E-state index < -0.39 is 11.3 Å². The second kappa shape index (κ2) is 7.77. The van der Waals surface area contributed by atoms with E-state index in [1.165, 1.54) is 18.8 Å². The van der Waals surface area contributed by atoms with Gasteiger partial charge in [-0.2, -0.15) is 0 Å². The zero-order valence-electron chi connectivity index (χ0n) is 13.2. The molecule has 0 aliphatic rings. The van der Waals surface area contributed by atoms with Gasteiger partial charge in [0, 0.05) is 19.2 Å². The number of hydrogen-bond donors (Lipinski definition) is 2. The molecule has 0 fully saturated rings. The standard InChI is InChI=1S/C15H19N5O2S/c1-4-20-12(11-8-6-5-7-9-11)18-19-15(20)23-10(2)13(21)17-14(22)16-3/h5-10H,4H2,1-3H3,(H2,16,17,21,22). The Hall–Kier alpha value is -2.35. The topological polar surface area (TPSA) is 88.9 Å². The van der Waals surface area contributed by atoms with Gasteiger partial charge in [-0.15, -0.1) is 10.2 Å². The van der Waals surface area contributed by atoms with E-state index in [1.54, 1.807) is 6.92 Å². The molecule has 1 aromatic carbocycles. The third kappa shape index (κ3) is 4.10. The Kier molecular flexibility index (Phi) is 5.75. The number of nitrogens with one attached hydrogen (secondary N) is 2. The van der Waals surface area contributed by atoms with E-state index in [1.807, 2.05) is 41.8 Å². The average Bonchev–Trinajstić information content (AvgIpc) is 2.97. The van der Waals surface area contributed by atoms with Gasteiger partial charge in [0.2, 0.25) is 5.91 Å². The fourth-order valence-electron chi connectivity index (χ4n) is 1.95. The van der Waals surface area contributed by atoms with E-state index in [4.69, 9.17) is 0 Å². The zero-order valence-corrected chi connectivity index (χ0v) is 14.1. The fraction of sp³-hybridized carbons (Fsp3) is 0.333. The first-order valence-electron chi connectivity index (χ1n) is 7.24. The van der Waals surface area contributed by atoms with Gasteiger partial charge < -0.3 is 9.88 Å². The van der Waals surface area contributed by atoms with Crippen LogP contribution in [0.4, 0.5) is 4.79 Å². The Morgan fingerprint density at radius 2 is 1.96 bits per heavy atom. The number of hydrogen-bond acceptors (Lipinski definition) is 5. The highest BCUT2D eigenvalue weighted by Gasteiger charge is 2.21. The van der Waals surface area contributed by atoms with Gasteiger partial charge in [0.15, 0.2) is 11.0 Å². The van der Waals surface area contributed by atoms with E-state index >= 15 is 0 Å². The molecule has 0 spiro atoms. The minimum absolute atomic E-state index is 0.374. The predicted octanol–water partition coefficient (Wildman–Crippen LogP) is 1.90. The maximum atomic E-state index is 11.9. The van der Waals surface area contributed by atoms with E-state index in [2.05, 4.69) is 20.8 Å². The quantitative estimate of drug-likeness (QED) is 0.816. The molecule has 3 amide bonds. The number of carbonyl (C=O) groups is 2. The van der Waals surface area contributed by atoms with Gasteiger partial charge >= 0.3 is 6.03 Å². The maximum absolute atomic E-state index is 11.9. The molecular weight excluding hydrogens is 314 g/mol. The summed E-state index contributed by atoms with van der Waals surface area (Å²) in [6.07, 6.45) is 0. The summed E-state index contributed by atoms with van der Waals surface area (Å²) in [7, 11) is 1.46. The molecule has 0 radical (unpaired) electrons. The van der Waals surface area contributed by atoms with E-state index in [-0.39, 0.29) is 5.91 Å². The second-order valence-corrected chi connectivity index (χ2v) is 6.05. The number of rotatable bonds is 5. The summed E-state index contributed by atoms with van der Waals surface area (Å²) in [6, 6.07) is 9.23. The first-order valence-corrected chi connectivity index (χ1v) is 8.12. The van der Waals surface area contributed by atoms with Crippen molar-refractivity contribution in [2.24, 2.45) is 0 Å². The summed E-state index contributed by atoms with van der Waals surface area (Å²) in [5.74, 6) is 0.385. The number of amides is 3. The van der Waals surface area contributed by atoms with Gasteiger partial charge in [-0.3, -0.25) is 10.1 Å². The van der Waals surface area contributed by atoms with Gasteiger partial charge in [-0.25, -0.2) is 4.79 Å². The van der Waals surface area contributed by atoms with Crippen LogP contribution in [0.3, 0.4) is 0 Å². The first kappa shape index (κ1) is 17.0. The number of nitrogens with zero attached hydrogens (tertiary/aromatic N) is 3. The molecule has 0 saturated heterocycles. The molecular formula is C15H19N5O2S. The molecule has 2 rings (SSSR count). The van der Waals surface area contributed by atoms with Gasteiger partial charge in [0.1, 0.15) is 0 Å². The van der Waals surface area contributed by atoms with Crippen LogP contribution in [0, 0.1) is 0 Å². The van der Waals surface area contributed by atoms with E-state index in [9.17, 15) is 9.59 Å². The zero-order chi connectivity index (χ0) is 16.8. The molecule has 1 atom stereocenters. The van der Waals surface area contributed by atoms with Crippen molar-refractivity contribution in [3.05, 3.63) is 30.3 Å². The number of aromatic nitrogens is 3. The fourth-order valence-corrected chi connectivity index (χ4v) is 2.86. The van der Waals surface area contributed by atoms with Gasteiger partial charge in [0.05, 0.1) is 5.25 Å². The molecule has 122 valence electrons. The summed E-state index contributed by atoms with van der Waals surface area (Å²) in [4.78, 5) is 23.1. The Morgan fingerprint density at radius 1 is 1.26 bits per heavy atom. The Balaban J connectivity index is 2.16. The van der Waals surface area contributed by atoms with Gasteiger partial charge in [-0.05, 0) is 13.8 Å². The number of carbonyl (C=O) groups excluding carboxylic acids is 2. The smallest absolute Gasteiger partial charge is 0.321 e. The molecule has 0 saturated carbocycles. The van der Waals surface area contributed by atoms with Crippen LogP contribution in [-0.4, -0.2) is 39.0 Å². The van der Waals surface area contributed by atoms with Gasteiger partial charge in [-0.1, -0.05) is 42.1 Å². The highest BCUT2D eigenvalue weighted by atomic mass is 32.2. The van der Waals surface area contributed by atoms with Crippen molar-refractivity contribution in [2.75, 3.05) is 7.05 Å². The third-order valence-corrected chi connectivity index (χ3v) is 4.26. The minimum Gasteiger partial charge on any atom is -0.341 e. The first-order chi connectivity index (χ1) is 11.1. The van der Waals surface area contributed by atoms with Gasteiger partial charge in [0.25, 0.3) is 0 Å². The predicted molar refractivity (Wildman–Crippen MR) is 89.0 cm³/mol. The molecule has 23 heavy (non-hydrogen) atoms. The van der Waals surface area contributed by atoms with Crippen LogP contribution >= 0.6 is 11.8 Å². The summed E-state index contributed by atoms with van der Waals surface area (Å²) in [5.41, 5.74) is 0.969. The van der Waals surface area contributed by atoms with Crippen molar-refractivity contribution >= 4 is 23.7 Å². The van der Waals surface area contributed by atoms with Crippen LogP contribution in [0.5, 0.6) is 0 Å². The number of benzene rings is 1. The van der Waals surface area contributed by atoms with Crippen molar-refractivity contribution in [2.45, 2.75) is 30.8 Å². The SMILES string of the molecule is CCn1c(SC(C)C(=O)NC(=O)NC)nnc1-c1ccccc1.